The molecule has 6 rings (SSSR count). The predicted molar refractivity (Wildman–Crippen MR) is 140 cm³/mol. The number of fused-ring (bicyclic) bond motifs is 5. The fourth-order valence-electron chi connectivity index (χ4n) is 8.11. The molecule has 2 heterocycles. The molecule has 2 bridgehead atoms. The first-order valence-electron chi connectivity index (χ1n) is 13.4. The summed E-state index contributed by atoms with van der Waals surface area (Å²) >= 11 is 1.10. The van der Waals surface area contributed by atoms with Crippen LogP contribution in [0.25, 0.3) is 0 Å². The van der Waals surface area contributed by atoms with Crippen LogP contribution in [-0.4, -0.2) is 59.2 Å². The Bertz CT molecular complexity index is 1290. The maximum Gasteiger partial charge on any atom is 0.351 e. The van der Waals surface area contributed by atoms with E-state index in [0.29, 0.717) is 27.3 Å². The van der Waals surface area contributed by atoms with Crippen LogP contribution in [0.2, 0.25) is 0 Å². The van der Waals surface area contributed by atoms with Crippen LogP contribution in [0.5, 0.6) is 5.19 Å². The molecule has 1 aliphatic heterocycles. The molecule has 0 radical (unpaired) electrons. The molecular weight excluding hydrogens is 506 g/mol. The molecule has 2 unspecified atom stereocenters. The van der Waals surface area contributed by atoms with Crippen LogP contribution in [0, 0.1) is 41.4 Å². The number of aliphatic hydroxyl groups is 1. The molecule has 0 amide bonds. The second-order valence-electron chi connectivity index (χ2n) is 12.9. The third-order valence-corrected chi connectivity index (χ3v) is 11.1. The second kappa shape index (κ2) is 7.99. The standard InChI is InChI=1S/C29H37NO7S/c1-13-11-28-14(2)9-18-19(26(18,4)5)17(21(28)31)10-16-12-35-27(6,7)37-23(16)29(28,33)22(13)36-24(32)20-15(3)30-25(34-8)38-20/h10-11,14,17-19,22-23,33H,9,12H2,1-8H3/t14?,17-,18+,19+,22-,23+,28?,29+/m0/s1. The minimum absolute atomic E-state index is 0.0116. The number of nitrogens with zero attached hydrogens (tertiary/aromatic N) is 1. The van der Waals surface area contributed by atoms with E-state index < -0.39 is 35.0 Å². The number of thiazole rings is 1. The summed E-state index contributed by atoms with van der Waals surface area (Å²) < 4.78 is 23.9. The Hall–Kier alpha value is -2.07. The number of hydrogen-bond donors (Lipinski definition) is 1. The summed E-state index contributed by atoms with van der Waals surface area (Å²) in [6.07, 6.45) is 2.73. The molecule has 2 saturated carbocycles. The number of ether oxygens (including phenoxy) is 4. The number of rotatable bonds is 3. The maximum absolute atomic E-state index is 14.7. The van der Waals surface area contributed by atoms with Crippen LogP contribution < -0.4 is 4.74 Å². The van der Waals surface area contributed by atoms with Gasteiger partial charge in [0, 0.05) is 5.92 Å². The lowest BCUT2D eigenvalue weighted by atomic mass is 9.59. The zero-order chi connectivity index (χ0) is 27.6. The fraction of sp³-hybridized carbons (Fsp3) is 0.690. The number of aryl methyl sites for hydroxylation is 1. The van der Waals surface area contributed by atoms with Crippen LogP contribution in [0.4, 0.5) is 0 Å². The zero-order valence-electron chi connectivity index (χ0n) is 23.3. The van der Waals surface area contributed by atoms with Crippen molar-refractivity contribution < 1.29 is 33.6 Å². The summed E-state index contributed by atoms with van der Waals surface area (Å²) in [7, 11) is 1.49. The van der Waals surface area contributed by atoms with Crippen molar-refractivity contribution in [1.82, 2.24) is 4.98 Å². The number of aromatic nitrogens is 1. The topological polar surface area (TPSA) is 104 Å². The summed E-state index contributed by atoms with van der Waals surface area (Å²) in [6, 6.07) is 0. The quantitative estimate of drug-likeness (QED) is 0.446. The van der Waals surface area contributed by atoms with Gasteiger partial charge in [-0.3, -0.25) is 4.79 Å². The molecule has 5 aliphatic rings. The molecule has 1 saturated heterocycles. The van der Waals surface area contributed by atoms with Gasteiger partial charge in [-0.05, 0) is 68.4 Å². The van der Waals surface area contributed by atoms with Gasteiger partial charge >= 0.3 is 5.97 Å². The molecule has 206 valence electrons. The number of allylic oxidation sites excluding steroid dienone is 1. The molecule has 9 heteroatoms. The number of ketones is 1. The van der Waals surface area contributed by atoms with Crippen molar-refractivity contribution in [2.24, 2.45) is 34.5 Å². The number of methoxy groups -OCH3 is 1. The Morgan fingerprint density at radius 3 is 2.61 bits per heavy atom. The Morgan fingerprint density at radius 1 is 1.24 bits per heavy atom. The Labute approximate surface area is 227 Å². The summed E-state index contributed by atoms with van der Waals surface area (Å²) in [6.45, 7) is 13.9. The van der Waals surface area contributed by atoms with Gasteiger partial charge in [0.1, 0.15) is 11.0 Å². The minimum atomic E-state index is -1.84. The number of carbonyl (C=O) groups excluding carboxylic acids is 2. The lowest BCUT2D eigenvalue weighted by Crippen LogP contribution is -2.68. The van der Waals surface area contributed by atoms with Crippen molar-refractivity contribution in [3.8, 4) is 5.19 Å². The summed E-state index contributed by atoms with van der Waals surface area (Å²) in [5, 5.41) is 13.4. The second-order valence-corrected chi connectivity index (χ2v) is 13.8. The van der Waals surface area contributed by atoms with E-state index in [4.69, 9.17) is 18.9 Å². The summed E-state index contributed by atoms with van der Waals surface area (Å²) in [5.74, 6) is -1.62. The van der Waals surface area contributed by atoms with Gasteiger partial charge in [0.05, 0.1) is 24.8 Å². The van der Waals surface area contributed by atoms with Gasteiger partial charge < -0.3 is 24.1 Å². The van der Waals surface area contributed by atoms with Gasteiger partial charge in [-0.1, -0.05) is 44.3 Å². The van der Waals surface area contributed by atoms with E-state index >= 15 is 0 Å². The molecule has 38 heavy (non-hydrogen) atoms. The van der Waals surface area contributed by atoms with Gasteiger partial charge in [0.2, 0.25) is 0 Å². The summed E-state index contributed by atoms with van der Waals surface area (Å²) in [4.78, 5) is 32.8. The first-order chi connectivity index (χ1) is 17.7. The van der Waals surface area contributed by atoms with Crippen LogP contribution in [0.15, 0.2) is 23.3 Å². The van der Waals surface area contributed by atoms with Crippen molar-refractivity contribution in [2.45, 2.75) is 78.5 Å². The summed E-state index contributed by atoms with van der Waals surface area (Å²) in [5.41, 5.74) is -1.20. The monoisotopic (exact) mass is 543 g/mol. The highest BCUT2D eigenvalue weighted by molar-refractivity contribution is 7.15. The van der Waals surface area contributed by atoms with Crippen molar-refractivity contribution in [1.29, 1.82) is 0 Å². The SMILES string of the molecule is COc1nc(C)c(C(=O)O[C@H]2C(C)=CC34C(=O)[C@@H](C=C5COC(C)(C)O[C@H]5[C@]23O)[C@@H]2[C@@H](CC4C)C2(C)C)s1. The molecule has 1 aromatic heterocycles. The zero-order valence-corrected chi connectivity index (χ0v) is 24.1. The van der Waals surface area contributed by atoms with Crippen molar-refractivity contribution >= 4 is 23.1 Å². The lowest BCUT2D eigenvalue weighted by molar-refractivity contribution is -0.302. The largest absolute Gasteiger partial charge is 0.473 e. The fourth-order valence-corrected chi connectivity index (χ4v) is 8.87. The number of Topliss-reactive ketones (excluding diaryl/α,β-unsaturated/α-hetero) is 1. The normalized spacial score (nSPS) is 42.0. The Balaban J connectivity index is 1.51. The molecule has 3 fully saturated rings. The van der Waals surface area contributed by atoms with Gasteiger partial charge in [0.15, 0.2) is 23.3 Å². The third kappa shape index (κ3) is 3.22. The van der Waals surface area contributed by atoms with E-state index in [1.807, 2.05) is 19.1 Å². The van der Waals surface area contributed by atoms with Gasteiger partial charge in [-0.2, -0.15) is 0 Å². The van der Waals surface area contributed by atoms with E-state index in [-0.39, 0.29) is 35.6 Å². The molecular formula is C29H37NO7S. The highest BCUT2D eigenvalue weighted by Gasteiger charge is 2.77. The first-order valence-corrected chi connectivity index (χ1v) is 14.2. The maximum atomic E-state index is 14.7. The molecule has 8 nitrogen and oxygen atoms in total. The van der Waals surface area contributed by atoms with Crippen LogP contribution in [-0.2, 0) is 19.0 Å². The van der Waals surface area contributed by atoms with Gasteiger partial charge in [-0.15, -0.1) is 0 Å². The lowest BCUT2D eigenvalue weighted by Gasteiger charge is -2.52. The van der Waals surface area contributed by atoms with E-state index in [9.17, 15) is 14.7 Å². The van der Waals surface area contributed by atoms with E-state index in [1.54, 1.807) is 20.8 Å². The third-order valence-electron chi connectivity index (χ3n) is 10.0. The van der Waals surface area contributed by atoms with E-state index in [0.717, 1.165) is 23.3 Å². The van der Waals surface area contributed by atoms with Crippen LogP contribution in [0.1, 0.15) is 63.3 Å². The number of esters is 1. The van der Waals surface area contributed by atoms with E-state index in [2.05, 4.69) is 25.8 Å². The van der Waals surface area contributed by atoms with Crippen LogP contribution >= 0.6 is 11.3 Å². The molecule has 0 aromatic carbocycles. The predicted octanol–water partition coefficient (Wildman–Crippen LogP) is 4.25. The minimum Gasteiger partial charge on any atom is -0.473 e. The molecule has 1 aromatic rings. The highest BCUT2D eigenvalue weighted by atomic mass is 32.1. The van der Waals surface area contributed by atoms with Gasteiger partial charge in [-0.25, -0.2) is 9.78 Å². The highest BCUT2D eigenvalue weighted by Crippen LogP contribution is 2.72. The smallest absolute Gasteiger partial charge is 0.351 e. The Kier molecular flexibility index (Phi) is 5.50. The molecule has 8 atom stereocenters. The van der Waals surface area contributed by atoms with Crippen molar-refractivity contribution in [3.63, 3.8) is 0 Å². The number of hydrogen-bond acceptors (Lipinski definition) is 9. The molecule has 1 spiro atoms. The number of carbonyl (C=O) groups is 2. The van der Waals surface area contributed by atoms with Crippen molar-refractivity contribution in [2.75, 3.05) is 13.7 Å². The van der Waals surface area contributed by atoms with Crippen LogP contribution in [0.3, 0.4) is 0 Å². The van der Waals surface area contributed by atoms with Gasteiger partial charge in [0.25, 0.3) is 5.19 Å². The first kappa shape index (κ1) is 26.2. The Morgan fingerprint density at radius 2 is 1.95 bits per heavy atom. The molecule has 4 aliphatic carbocycles. The molecule has 1 N–H and O–H groups in total. The van der Waals surface area contributed by atoms with E-state index in [1.165, 1.54) is 7.11 Å². The average molecular weight is 544 g/mol. The van der Waals surface area contributed by atoms with Crippen molar-refractivity contribution in [3.05, 3.63) is 33.9 Å². The average Bonchev–Trinajstić information content (AvgIpc) is 3.11.